The van der Waals surface area contributed by atoms with Gasteiger partial charge in [0.15, 0.2) is 0 Å². The molecule has 1 aromatic carbocycles. The number of morpholine rings is 1. The molecule has 0 atom stereocenters. The van der Waals surface area contributed by atoms with Crippen LogP contribution in [-0.2, 0) is 19.1 Å². The van der Waals surface area contributed by atoms with Crippen molar-refractivity contribution >= 4 is 29.8 Å². The van der Waals surface area contributed by atoms with Crippen LogP contribution in [0.25, 0.3) is 6.08 Å². The monoisotopic (exact) mass is 475 g/mol. The molecule has 2 N–H and O–H groups in total. The molecule has 10 nitrogen and oxygen atoms in total. The van der Waals surface area contributed by atoms with Crippen LogP contribution in [0.3, 0.4) is 0 Å². The normalized spacial score (nSPS) is 17.1. The summed E-state index contributed by atoms with van der Waals surface area (Å²) in [5.74, 6) is -2.96. The number of carboxylic acids is 2. The largest absolute Gasteiger partial charge is 0.473 e. The molecule has 2 amide bonds. The van der Waals surface area contributed by atoms with Crippen LogP contribution < -0.4 is 0 Å². The number of hydrogen-bond donors (Lipinski definition) is 2. The summed E-state index contributed by atoms with van der Waals surface area (Å²) in [7, 11) is 3.54. The van der Waals surface area contributed by atoms with Crippen molar-refractivity contribution in [1.29, 1.82) is 0 Å². The first kappa shape index (κ1) is 27.0. The number of amides is 2. The Balaban J connectivity index is 0.000000604. The lowest BCUT2D eigenvalue weighted by Crippen LogP contribution is -2.46. The van der Waals surface area contributed by atoms with Crippen LogP contribution in [0.1, 0.15) is 28.8 Å². The molecule has 0 spiro atoms. The number of benzene rings is 1. The molecule has 186 valence electrons. The van der Waals surface area contributed by atoms with Gasteiger partial charge in [-0.1, -0.05) is 30.4 Å². The molecule has 0 radical (unpaired) electrons. The first-order valence-corrected chi connectivity index (χ1v) is 11.2. The minimum Gasteiger partial charge on any atom is -0.473 e. The number of carbonyl (C=O) groups excluding carboxylic acids is 2. The SMILES string of the molecule is CN(C)C(=O)c1ccccc1/C=C/C1CCN(C(=O)CN2CCOCC2)CC1.O=C(O)C(=O)O. The third-order valence-electron chi connectivity index (χ3n) is 5.68. The summed E-state index contributed by atoms with van der Waals surface area (Å²) in [6.45, 7) is 5.23. The zero-order chi connectivity index (χ0) is 25.1. The summed E-state index contributed by atoms with van der Waals surface area (Å²) < 4.78 is 5.34. The van der Waals surface area contributed by atoms with Crippen molar-refractivity contribution in [2.24, 2.45) is 5.92 Å². The fraction of sp³-hybridized carbons (Fsp3) is 0.500. The highest BCUT2D eigenvalue weighted by atomic mass is 16.5. The third kappa shape index (κ3) is 8.60. The van der Waals surface area contributed by atoms with Gasteiger partial charge in [-0.05, 0) is 30.4 Å². The van der Waals surface area contributed by atoms with Crippen molar-refractivity contribution in [1.82, 2.24) is 14.7 Å². The predicted octanol–water partition coefficient (Wildman–Crippen LogP) is 1.13. The Morgan fingerprint density at radius 1 is 1.00 bits per heavy atom. The standard InChI is InChI=1S/C22H31N3O3.C2H2O4/c1-23(2)22(27)20-6-4-3-5-19(20)8-7-18-9-11-25(12-10-18)21(26)17-24-13-15-28-16-14-24;3-1(4)2(5)6/h3-8,18H,9-17H2,1-2H3;(H,3,4)(H,5,6)/b8-7+;. The second kappa shape index (κ2) is 13.5. The van der Waals surface area contributed by atoms with Gasteiger partial charge in [-0.2, -0.15) is 0 Å². The molecule has 2 aliphatic heterocycles. The number of rotatable bonds is 5. The molecule has 0 bridgehead atoms. The summed E-state index contributed by atoms with van der Waals surface area (Å²) in [6.07, 6.45) is 6.20. The number of hydrogen-bond acceptors (Lipinski definition) is 6. The molecule has 3 rings (SSSR count). The van der Waals surface area contributed by atoms with Crippen LogP contribution in [0.5, 0.6) is 0 Å². The predicted molar refractivity (Wildman–Crippen MR) is 125 cm³/mol. The number of allylic oxidation sites excluding steroid dienone is 1. The van der Waals surface area contributed by atoms with Crippen molar-refractivity contribution in [3.63, 3.8) is 0 Å². The van der Waals surface area contributed by atoms with E-state index in [0.717, 1.165) is 63.4 Å². The maximum atomic E-state index is 12.5. The van der Waals surface area contributed by atoms with E-state index in [1.807, 2.05) is 29.2 Å². The zero-order valence-corrected chi connectivity index (χ0v) is 19.7. The number of carboxylic acid groups (broad SMARTS) is 2. The highest BCUT2D eigenvalue weighted by Gasteiger charge is 2.23. The van der Waals surface area contributed by atoms with Crippen LogP contribution in [-0.4, -0.2) is 109 Å². The van der Waals surface area contributed by atoms with E-state index in [1.165, 1.54) is 0 Å². The molecule has 0 aliphatic carbocycles. The number of aliphatic carboxylic acids is 2. The first-order valence-electron chi connectivity index (χ1n) is 11.2. The summed E-state index contributed by atoms with van der Waals surface area (Å²) in [4.78, 5) is 48.8. The molecule has 0 aromatic heterocycles. The number of likely N-dealkylation sites (tertiary alicyclic amines) is 1. The fourth-order valence-corrected chi connectivity index (χ4v) is 3.71. The average molecular weight is 476 g/mol. The summed E-state index contributed by atoms with van der Waals surface area (Å²) in [6, 6.07) is 7.70. The van der Waals surface area contributed by atoms with E-state index in [0.29, 0.717) is 12.5 Å². The van der Waals surface area contributed by atoms with E-state index in [2.05, 4.69) is 17.1 Å². The van der Waals surface area contributed by atoms with E-state index in [9.17, 15) is 9.59 Å². The van der Waals surface area contributed by atoms with Crippen molar-refractivity contribution in [2.75, 3.05) is 60.0 Å². The lowest BCUT2D eigenvalue weighted by atomic mass is 9.94. The summed E-state index contributed by atoms with van der Waals surface area (Å²) >= 11 is 0. The maximum absolute atomic E-state index is 12.5. The average Bonchev–Trinajstić information content (AvgIpc) is 2.83. The van der Waals surface area contributed by atoms with Crippen LogP contribution in [0, 0.1) is 5.92 Å². The summed E-state index contributed by atoms with van der Waals surface area (Å²) in [5.41, 5.74) is 1.67. The molecule has 34 heavy (non-hydrogen) atoms. The van der Waals surface area contributed by atoms with Crippen molar-refractivity contribution in [3.05, 3.63) is 41.5 Å². The van der Waals surface area contributed by atoms with Gasteiger partial charge in [0, 0.05) is 45.8 Å². The topological polar surface area (TPSA) is 128 Å². The van der Waals surface area contributed by atoms with Gasteiger partial charge in [-0.15, -0.1) is 0 Å². The van der Waals surface area contributed by atoms with Gasteiger partial charge in [0.25, 0.3) is 5.91 Å². The molecule has 1 aromatic rings. The van der Waals surface area contributed by atoms with Crippen molar-refractivity contribution in [2.45, 2.75) is 12.8 Å². The van der Waals surface area contributed by atoms with Crippen LogP contribution >= 0.6 is 0 Å². The lowest BCUT2D eigenvalue weighted by molar-refractivity contribution is -0.159. The molecule has 0 saturated carbocycles. The smallest absolute Gasteiger partial charge is 0.414 e. The molecule has 2 aliphatic rings. The molecule has 0 unspecified atom stereocenters. The quantitative estimate of drug-likeness (QED) is 0.607. The van der Waals surface area contributed by atoms with Gasteiger partial charge in [0.1, 0.15) is 0 Å². The molecule has 2 saturated heterocycles. The molecule has 10 heteroatoms. The Morgan fingerprint density at radius 2 is 1.59 bits per heavy atom. The van der Waals surface area contributed by atoms with E-state index >= 15 is 0 Å². The Bertz CT molecular complexity index is 874. The van der Waals surface area contributed by atoms with Gasteiger partial charge < -0.3 is 24.7 Å². The first-order chi connectivity index (χ1) is 16.2. The van der Waals surface area contributed by atoms with Gasteiger partial charge >= 0.3 is 11.9 Å². The maximum Gasteiger partial charge on any atom is 0.414 e. The van der Waals surface area contributed by atoms with Gasteiger partial charge in [0.05, 0.1) is 19.8 Å². The van der Waals surface area contributed by atoms with Gasteiger partial charge in [-0.25, -0.2) is 9.59 Å². The molecule has 2 heterocycles. The van der Waals surface area contributed by atoms with Gasteiger partial charge in [-0.3, -0.25) is 14.5 Å². The van der Waals surface area contributed by atoms with Crippen molar-refractivity contribution in [3.8, 4) is 0 Å². The minimum absolute atomic E-state index is 0.0174. The Labute approximate surface area is 199 Å². The third-order valence-corrected chi connectivity index (χ3v) is 5.68. The lowest BCUT2D eigenvalue weighted by Gasteiger charge is -2.33. The Hall–Kier alpha value is -3.24. The highest BCUT2D eigenvalue weighted by molar-refractivity contribution is 6.27. The van der Waals surface area contributed by atoms with Crippen molar-refractivity contribution < 1.29 is 34.1 Å². The fourth-order valence-electron chi connectivity index (χ4n) is 3.71. The van der Waals surface area contributed by atoms with Crippen LogP contribution in [0.4, 0.5) is 0 Å². The Morgan fingerprint density at radius 3 is 2.15 bits per heavy atom. The van der Waals surface area contributed by atoms with E-state index < -0.39 is 11.9 Å². The number of ether oxygens (including phenoxy) is 1. The Kier molecular flexibility index (Phi) is 10.7. The number of piperidine rings is 1. The second-order valence-electron chi connectivity index (χ2n) is 8.36. The van der Waals surface area contributed by atoms with E-state index in [1.54, 1.807) is 19.0 Å². The second-order valence-corrected chi connectivity index (χ2v) is 8.36. The summed E-state index contributed by atoms with van der Waals surface area (Å²) in [5, 5.41) is 14.8. The van der Waals surface area contributed by atoms with E-state index in [-0.39, 0.29) is 11.8 Å². The molecular weight excluding hydrogens is 442 g/mol. The number of carbonyl (C=O) groups is 4. The minimum atomic E-state index is -1.82. The van der Waals surface area contributed by atoms with Gasteiger partial charge in [0.2, 0.25) is 5.91 Å². The highest BCUT2D eigenvalue weighted by Crippen LogP contribution is 2.21. The van der Waals surface area contributed by atoms with Crippen LogP contribution in [0.15, 0.2) is 30.3 Å². The zero-order valence-electron chi connectivity index (χ0n) is 19.7. The van der Waals surface area contributed by atoms with Crippen LogP contribution in [0.2, 0.25) is 0 Å². The van der Waals surface area contributed by atoms with E-state index in [4.69, 9.17) is 24.5 Å². The molecular formula is C24H33N3O7. The molecule has 2 fully saturated rings. The number of nitrogens with zero attached hydrogens (tertiary/aromatic N) is 3.